The summed E-state index contributed by atoms with van der Waals surface area (Å²) in [5, 5.41) is 4.81. The van der Waals surface area contributed by atoms with Crippen molar-refractivity contribution in [1.82, 2.24) is 10.2 Å². The van der Waals surface area contributed by atoms with Crippen LogP contribution < -0.4 is 10.6 Å². The Bertz CT molecular complexity index is 916. The first kappa shape index (κ1) is 20.4. The van der Waals surface area contributed by atoms with Crippen LogP contribution >= 0.6 is 0 Å². The van der Waals surface area contributed by atoms with Gasteiger partial charge in [0.05, 0.1) is 5.56 Å². The van der Waals surface area contributed by atoms with Gasteiger partial charge in [0.1, 0.15) is 12.6 Å². The third-order valence-electron chi connectivity index (χ3n) is 4.45. The lowest BCUT2D eigenvalue weighted by atomic mass is 10.1. The van der Waals surface area contributed by atoms with Crippen molar-refractivity contribution in [3.05, 3.63) is 65.7 Å². The first-order valence-electron chi connectivity index (χ1n) is 8.87. The minimum absolute atomic E-state index is 0.0718. The van der Waals surface area contributed by atoms with Crippen LogP contribution in [-0.4, -0.2) is 35.3 Å². The summed E-state index contributed by atoms with van der Waals surface area (Å²) < 4.78 is 38.3. The smallest absolute Gasteiger partial charge is 0.326 e. The fourth-order valence-corrected chi connectivity index (χ4v) is 3.00. The van der Waals surface area contributed by atoms with E-state index in [1.807, 2.05) is 30.3 Å². The number of amides is 4. The molecule has 1 saturated heterocycles. The highest BCUT2D eigenvalue weighted by molar-refractivity contribution is 6.07. The van der Waals surface area contributed by atoms with Gasteiger partial charge in [-0.25, -0.2) is 4.79 Å². The van der Waals surface area contributed by atoms with E-state index in [0.717, 1.165) is 28.7 Å². The predicted molar refractivity (Wildman–Crippen MR) is 98.9 cm³/mol. The van der Waals surface area contributed by atoms with Gasteiger partial charge in [0.25, 0.3) is 5.91 Å². The number of rotatable bonds is 6. The number of alkyl halides is 3. The van der Waals surface area contributed by atoms with Crippen LogP contribution in [0.15, 0.2) is 54.6 Å². The lowest BCUT2D eigenvalue weighted by Crippen LogP contribution is -2.38. The number of carbonyl (C=O) groups excluding carboxylic acids is 3. The van der Waals surface area contributed by atoms with Gasteiger partial charge in [0.2, 0.25) is 5.91 Å². The molecule has 1 fully saturated rings. The zero-order valence-electron chi connectivity index (χ0n) is 15.2. The molecule has 0 saturated carbocycles. The number of nitrogens with zero attached hydrogens (tertiary/aromatic N) is 1. The van der Waals surface area contributed by atoms with E-state index in [0.29, 0.717) is 12.8 Å². The van der Waals surface area contributed by atoms with E-state index in [1.165, 1.54) is 6.07 Å². The highest BCUT2D eigenvalue weighted by Gasteiger charge is 2.38. The number of anilines is 1. The Labute approximate surface area is 164 Å². The number of halogens is 3. The molecule has 1 aliphatic rings. The van der Waals surface area contributed by atoms with Crippen LogP contribution in [0, 0.1) is 0 Å². The number of carbonyl (C=O) groups is 3. The molecule has 2 aromatic carbocycles. The predicted octanol–water partition coefficient (Wildman–Crippen LogP) is 3.20. The summed E-state index contributed by atoms with van der Waals surface area (Å²) in [7, 11) is 0. The van der Waals surface area contributed by atoms with Gasteiger partial charge < -0.3 is 10.6 Å². The molecule has 9 heteroatoms. The first-order valence-corrected chi connectivity index (χ1v) is 8.87. The number of hydrogen-bond donors (Lipinski definition) is 2. The van der Waals surface area contributed by atoms with E-state index in [-0.39, 0.29) is 5.69 Å². The van der Waals surface area contributed by atoms with Crippen molar-refractivity contribution < 1.29 is 27.6 Å². The first-order chi connectivity index (χ1) is 13.7. The molecule has 1 heterocycles. The second-order valence-corrected chi connectivity index (χ2v) is 6.58. The average Bonchev–Trinajstić information content (AvgIpc) is 2.94. The van der Waals surface area contributed by atoms with Crippen molar-refractivity contribution in [2.24, 2.45) is 0 Å². The van der Waals surface area contributed by atoms with E-state index in [1.54, 1.807) is 0 Å². The number of urea groups is 1. The Morgan fingerprint density at radius 1 is 1.07 bits per heavy atom. The molecule has 0 aliphatic carbocycles. The molecule has 2 N–H and O–H groups in total. The highest BCUT2D eigenvalue weighted by atomic mass is 19.4. The van der Waals surface area contributed by atoms with Gasteiger partial charge in [-0.1, -0.05) is 36.4 Å². The quantitative estimate of drug-likeness (QED) is 0.725. The highest BCUT2D eigenvalue weighted by Crippen LogP contribution is 2.30. The fraction of sp³-hybridized carbons (Fsp3) is 0.250. The fourth-order valence-electron chi connectivity index (χ4n) is 3.00. The molecule has 0 aromatic heterocycles. The summed E-state index contributed by atoms with van der Waals surface area (Å²) >= 11 is 0. The Kier molecular flexibility index (Phi) is 5.86. The van der Waals surface area contributed by atoms with E-state index >= 15 is 0 Å². The summed E-state index contributed by atoms with van der Waals surface area (Å²) in [6.45, 7) is -0.581. The molecule has 4 amide bonds. The van der Waals surface area contributed by atoms with E-state index in [2.05, 4.69) is 10.6 Å². The SMILES string of the molecule is O=C(CN1C(=O)N[C@@H](CCc2ccccc2)C1=O)Nc1cccc(C(F)(F)F)c1. The third-order valence-corrected chi connectivity index (χ3v) is 4.45. The van der Waals surface area contributed by atoms with E-state index in [9.17, 15) is 27.6 Å². The van der Waals surface area contributed by atoms with Crippen molar-refractivity contribution in [3.63, 3.8) is 0 Å². The normalized spacial score (nSPS) is 16.7. The standard InChI is InChI=1S/C20H18F3N3O3/c21-20(22,23)14-7-4-8-15(11-14)24-17(27)12-26-18(28)16(25-19(26)29)10-9-13-5-2-1-3-6-13/h1-8,11,16H,9-10,12H2,(H,24,27)(H,25,29)/t16-/m0/s1. The van der Waals surface area contributed by atoms with E-state index < -0.39 is 42.2 Å². The zero-order valence-corrected chi connectivity index (χ0v) is 15.2. The molecule has 0 spiro atoms. The third kappa shape index (κ3) is 5.13. The lowest BCUT2D eigenvalue weighted by Gasteiger charge is -2.14. The molecular weight excluding hydrogens is 387 g/mol. The lowest BCUT2D eigenvalue weighted by molar-refractivity contribution is -0.137. The summed E-state index contributed by atoms with van der Waals surface area (Å²) in [6.07, 6.45) is -3.60. The summed E-state index contributed by atoms with van der Waals surface area (Å²) in [4.78, 5) is 37.4. The maximum Gasteiger partial charge on any atom is 0.416 e. The molecule has 0 radical (unpaired) electrons. The van der Waals surface area contributed by atoms with Crippen LogP contribution in [-0.2, 0) is 22.2 Å². The summed E-state index contributed by atoms with van der Waals surface area (Å²) in [5.74, 6) is -1.30. The van der Waals surface area contributed by atoms with Gasteiger partial charge in [-0.15, -0.1) is 0 Å². The molecule has 1 atom stereocenters. The van der Waals surface area contributed by atoms with Crippen LogP contribution in [0.5, 0.6) is 0 Å². The number of imide groups is 1. The van der Waals surface area contributed by atoms with Gasteiger partial charge >= 0.3 is 12.2 Å². The number of nitrogens with one attached hydrogen (secondary N) is 2. The van der Waals surface area contributed by atoms with Crippen molar-refractivity contribution in [1.29, 1.82) is 0 Å². The summed E-state index contributed by atoms with van der Waals surface area (Å²) in [5.41, 5.74) is 0.0269. The number of aryl methyl sites for hydroxylation is 1. The average molecular weight is 405 g/mol. The van der Waals surface area contributed by atoms with Crippen LogP contribution in [0.3, 0.4) is 0 Å². The van der Waals surface area contributed by atoms with Gasteiger partial charge in [0, 0.05) is 5.69 Å². The Balaban J connectivity index is 1.57. The van der Waals surface area contributed by atoms with Crippen molar-refractivity contribution in [2.45, 2.75) is 25.1 Å². The van der Waals surface area contributed by atoms with Crippen molar-refractivity contribution in [3.8, 4) is 0 Å². The van der Waals surface area contributed by atoms with Crippen molar-refractivity contribution in [2.75, 3.05) is 11.9 Å². The van der Waals surface area contributed by atoms with Crippen LogP contribution in [0.1, 0.15) is 17.5 Å². The molecule has 2 aromatic rings. The van der Waals surface area contributed by atoms with Gasteiger partial charge in [0.15, 0.2) is 0 Å². The Morgan fingerprint density at radius 2 is 1.79 bits per heavy atom. The second kappa shape index (κ2) is 8.34. The second-order valence-electron chi connectivity index (χ2n) is 6.58. The minimum atomic E-state index is -4.54. The molecule has 3 rings (SSSR count). The number of hydrogen-bond acceptors (Lipinski definition) is 3. The maximum absolute atomic E-state index is 12.8. The van der Waals surface area contributed by atoms with Gasteiger partial charge in [-0.3, -0.25) is 14.5 Å². The van der Waals surface area contributed by atoms with Gasteiger partial charge in [-0.2, -0.15) is 13.2 Å². The molecular formula is C20H18F3N3O3. The molecule has 1 aliphatic heterocycles. The minimum Gasteiger partial charge on any atom is -0.326 e. The van der Waals surface area contributed by atoms with E-state index in [4.69, 9.17) is 0 Å². The Morgan fingerprint density at radius 3 is 2.48 bits per heavy atom. The molecule has 6 nitrogen and oxygen atoms in total. The van der Waals surface area contributed by atoms with Crippen LogP contribution in [0.4, 0.5) is 23.7 Å². The molecule has 0 unspecified atom stereocenters. The van der Waals surface area contributed by atoms with Crippen LogP contribution in [0.2, 0.25) is 0 Å². The van der Waals surface area contributed by atoms with Gasteiger partial charge in [-0.05, 0) is 36.6 Å². The monoisotopic (exact) mass is 405 g/mol. The molecule has 0 bridgehead atoms. The van der Waals surface area contributed by atoms with Crippen LogP contribution in [0.25, 0.3) is 0 Å². The topological polar surface area (TPSA) is 78.5 Å². The molecule has 152 valence electrons. The largest absolute Gasteiger partial charge is 0.416 e. The Hall–Kier alpha value is -3.36. The maximum atomic E-state index is 12.8. The summed E-state index contributed by atoms with van der Waals surface area (Å²) in [6, 6.07) is 12.1. The number of benzene rings is 2. The van der Waals surface area contributed by atoms with Crippen molar-refractivity contribution >= 4 is 23.5 Å². The molecule has 29 heavy (non-hydrogen) atoms. The zero-order chi connectivity index (χ0) is 21.0.